The minimum atomic E-state index is -0.154. The zero-order chi connectivity index (χ0) is 23.1. The van der Waals surface area contributed by atoms with Crippen LogP contribution in [0.1, 0.15) is 54.6 Å². The molecule has 6 heteroatoms. The Labute approximate surface area is 194 Å². The smallest absolute Gasteiger partial charge is 0.231 e. The molecule has 33 heavy (non-hydrogen) atoms. The number of ketones is 1. The number of fused-ring (bicyclic) bond motifs is 2. The molecule has 0 amide bonds. The maximum atomic E-state index is 13.2. The number of aryl methyl sites for hydroxylation is 1. The number of benzene rings is 2. The standard InChI is InChI=1S/C27H30N2O4/c1-4-28-15-18(21-14-19(32-3)8-10-23(21)28)13-25-26(31)20-9-11-24(30)22(27(20)33-25)16-29-12-6-5-7-17(29)2/h8-11,13-15,17,30H,4-7,12,16H2,1-3H3/b25-13-. The summed E-state index contributed by atoms with van der Waals surface area (Å²) in [5.74, 6) is 1.55. The van der Waals surface area contributed by atoms with Gasteiger partial charge in [-0.2, -0.15) is 0 Å². The Bertz CT molecular complexity index is 1260. The maximum absolute atomic E-state index is 13.2. The van der Waals surface area contributed by atoms with Crippen LogP contribution in [-0.2, 0) is 13.1 Å². The van der Waals surface area contributed by atoms with Gasteiger partial charge in [0, 0.05) is 41.8 Å². The predicted molar refractivity (Wildman–Crippen MR) is 129 cm³/mol. The molecule has 0 spiro atoms. The monoisotopic (exact) mass is 446 g/mol. The first-order valence-electron chi connectivity index (χ1n) is 11.7. The number of likely N-dealkylation sites (tertiary alicyclic amines) is 1. The first-order chi connectivity index (χ1) is 16.0. The number of carbonyl (C=O) groups is 1. The van der Waals surface area contributed by atoms with Gasteiger partial charge in [0.15, 0.2) is 5.76 Å². The molecule has 172 valence electrons. The van der Waals surface area contributed by atoms with Gasteiger partial charge in [0.25, 0.3) is 0 Å². The van der Waals surface area contributed by atoms with Crippen molar-refractivity contribution in [3.63, 3.8) is 0 Å². The molecule has 3 aromatic rings. The van der Waals surface area contributed by atoms with Gasteiger partial charge in [-0.25, -0.2) is 0 Å². The summed E-state index contributed by atoms with van der Waals surface area (Å²) in [4.78, 5) is 15.6. The Hall–Kier alpha value is -3.25. The van der Waals surface area contributed by atoms with Crippen molar-refractivity contribution in [1.29, 1.82) is 0 Å². The fourth-order valence-corrected chi connectivity index (χ4v) is 4.99. The fourth-order valence-electron chi connectivity index (χ4n) is 4.99. The summed E-state index contributed by atoms with van der Waals surface area (Å²) >= 11 is 0. The number of carbonyl (C=O) groups excluding carboxylic acids is 1. The summed E-state index contributed by atoms with van der Waals surface area (Å²) in [6, 6.07) is 9.67. The van der Waals surface area contributed by atoms with Crippen molar-refractivity contribution >= 4 is 22.8 Å². The van der Waals surface area contributed by atoms with Crippen molar-refractivity contribution in [2.24, 2.45) is 0 Å². The zero-order valence-electron chi connectivity index (χ0n) is 19.4. The van der Waals surface area contributed by atoms with Crippen LogP contribution in [0.25, 0.3) is 17.0 Å². The fraction of sp³-hybridized carbons (Fsp3) is 0.370. The number of ether oxygens (including phenoxy) is 2. The van der Waals surface area contributed by atoms with Crippen molar-refractivity contribution < 1.29 is 19.4 Å². The number of nitrogens with zero attached hydrogens (tertiary/aromatic N) is 2. The third-order valence-corrected chi connectivity index (χ3v) is 6.96. The van der Waals surface area contributed by atoms with Crippen molar-refractivity contribution in [3.05, 3.63) is 59.0 Å². The molecule has 2 aliphatic heterocycles. The maximum Gasteiger partial charge on any atom is 0.231 e. The molecule has 1 saturated heterocycles. The number of phenolic OH excluding ortho intramolecular Hbond substituents is 1. The molecule has 0 aliphatic carbocycles. The Morgan fingerprint density at radius 1 is 1.24 bits per heavy atom. The first kappa shape index (κ1) is 21.6. The highest BCUT2D eigenvalue weighted by atomic mass is 16.5. The number of rotatable bonds is 5. The summed E-state index contributed by atoms with van der Waals surface area (Å²) < 4.78 is 13.7. The Kier molecular flexibility index (Phi) is 5.62. The number of piperidine rings is 1. The summed E-state index contributed by atoms with van der Waals surface area (Å²) in [6.07, 6.45) is 7.36. The molecule has 1 aromatic heterocycles. The molecule has 0 radical (unpaired) electrons. The highest BCUT2D eigenvalue weighted by Gasteiger charge is 2.32. The van der Waals surface area contributed by atoms with E-state index in [1.807, 2.05) is 24.4 Å². The average Bonchev–Trinajstić information content (AvgIpc) is 3.34. The summed E-state index contributed by atoms with van der Waals surface area (Å²) in [5.41, 5.74) is 3.18. The molecule has 1 fully saturated rings. The number of aromatic hydroxyl groups is 1. The number of allylic oxidation sites excluding steroid dienone is 1. The molecule has 1 unspecified atom stereocenters. The van der Waals surface area contributed by atoms with E-state index in [0.29, 0.717) is 29.5 Å². The molecule has 3 heterocycles. The van der Waals surface area contributed by atoms with E-state index >= 15 is 0 Å². The minimum absolute atomic E-state index is 0.154. The van der Waals surface area contributed by atoms with Crippen LogP contribution in [0.15, 0.2) is 42.3 Å². The van der Waals surface area contributed by atoms with Gasteiger partial charge in [-0.05, 0) is 69.6 Å². The largest absolute Gasteiger partial charge is 0.507 e. The van der Waals surface area contributed by atoms with E-state index in [1.165, 1.54) is 6.42 Å². The van der Waals surface area contributed by atoms with Crippen molar-refractivity contribution in [2.45, 2.75) is 52.2 Å². The van der Waals surface area contributed by atoms with E-state index in [0.717, 1.165) is 48.1 Å². The average molecular weight is 447 g/mol. The predicted octanol–water partition coefficient (Wildman–Crippen LogP) is 5.37. The minimum Gasteiger partial charge on any atom is -0.507 e. The molecular formula is C27H30N2O4. The highest BCUT2D eigenvalue weighted by Crippen LogP contribution is 2.41. The molecule has 2 aromatic carbocycles. The molecule has 5 rings (SSSR count). The normalized spacial score (nSPS) is 19.8. The lowest BCUT2D eigenvalue weighted by atomic mass is 10.0. The van der Waals surface area contributed by atoms with E-state index in [9.17, 15) is 9.90 Å². The highest BCUT2D eigenvalue weighted by molar-refractivity contribution is 6.15. The summed E-state index contributed by atoms with van der Waals surface area (Å²) in [6.45, 7) is 6.67. The van der Waals surface area contributed by atoms with Crippen LogP contribution in [0.3, 0.4) is 0 Å². The molecule has 0 saturated carbocycles. The Morgan fingerprint density at radius 2 is 2.09 bits per heavy atom. The van der Waals surface area contributed by atoms with Gasteiger partial charge < -0.3 is 19.1 Å². The van der Waals surface area contributed by atoms with Gasteiger partial charge in [-0.1, -0.05) is 6.42 Å². The van der Waals surface area contributed by atoms with Gasteiger partial charge in [0.2, 0.25) is 5.78 Å². The topological polar surface area (TPSA) is 63.9 Å². The van der Waals surface area contributed by atoms with Gasteiger partial charge >= 0.3 is 0 Å². The van der Waals surface area contributed by atoms with Crippen LogP contribution in [0.2, 0.25) is 0 Å². The number of Topliss-reactive ketones (excluding diaryl/α,β-unsaturated/α-hetero) is 1. The van der Waals surface area contributed by atoms with E-state index in [1.54, 1.807) is 25.3 Å². The molecule has 2 aliphatic rings. The lowest BCUT2D eigenvalue weighted by Crippen LogP contribution is -2.36. The molecule has 1 atom stereocenters. The number of methoxy groups -OCH3 is 1. The summed E-state index contributed by atoms with van der Waals surface area (Å²) in [7, 11) is 1.65. The third-order valence-electron chi connectivity index (χ3n) is 6.96. The van der Waals surface area contributed by atoms with E-state index < -0.39 is 0 Å². The van der Waals surface area contributed by atoms with Crippen LogP contribution >= 0.6 is 0 Å². The van der Waals surface area contributed by atoms with E-state index in [4.69, 9.17) is 9.47 Å². The van der Waals surface area contributed by atoms with E-state index in [-0.39, 0.29) is 17.3 Å². The van der Waals surface area contributed by atoms with Crippen LogP contribution in [0, 0.1) is 0 Å². The molecule has 6 nitrogen and oxygen atoms in total. The Morgan fingerprint density at radius 3 is 2.85 bits per heavy atom. The van der Waals surface area contributed by atoms with Crippen molar-refractivity contribution in [3.8, 4) is 17.2 Å². The SMILES string of the molecule is CCn1cc(/C=C2\Oc3c(ccc(O)c3CN3CCCCC3C)C2=O)c2cc(OC)ccc21. The molecule has 0 bridgehead atoms. The van der Waals surface area contributed by atoms with Gasteiger partial charge in [-0.3, -0.25) is 9.69 Å². The van der Waals surface area contributed by atoms with Gasteiger partial charge in [0.1, 0.15) is 17.2 Å². The van der Waals surface area contributed by atoms with Crippen molar-refractivity contribution in [2.75, 3.05) is 13.7 Å². The lowest BCUT2D eigenvalue weighted by molar-refractivity contribution is 0.101. The second-order valence-electron chi connectivity index (χ2n) is 8.95. The van der Waals surface area contributed by atoms with E-state index in [2.05, 4.69) is 23.3 Å². The second-order valence-corrected chi connectivity index (χ2v) is 8.95. The molecule has 1 N–H and O–H groups in total. The van der Waals surface area contributed by atoms with Crippen LogP contribution < -0.4 is 9.47 Å². The van der Waals surface area contributed by atoms with Crippen LogP contribution in [0.4, 0.5) is 0 Å². The van der Waals surface area contributed by atoms with Crippen molar-refractivity contribution in [1.82, 2.24) is 9.47 Å². The van der Waals surface area contributed by atoms with Crippen LogP contribution in [0.5, 0.6) is 17.2 Å². The van der Waals surface area contributed by atoms with Gasteiger partial charge in [-0.15, -0.1) is 0 Å². The number of hydrogen-bond donors (Lipinski definition) is 1. The summed E-state index contributed by atoms with van der Waals surface area (Å²) in [5, 5.41) is 11.6. The quantitative estimate of drug-likeness (QED) is 0.534. The third kappa shape index (κ3) is 3.78. The first-order valence-corrected chi connectivity index (χ1v) is 11.7. The lowest BCUT2D eigenvalue weighted by Gasteiger charge is -2.33. The molecular weight excluding hydrogens is 416 g/mol. The zero-order valence-corrected chi connectivity index (χ0v) is 19.4. The van der Waals surface area contributed by atoms with Gasteiger partial charge in [0.05, 0.1) is 18.2 Å². The second kappa shape index (κ2) is 8.60. The Balaban J connectivity index is 1.53. The number of hydrogen-bond acceptors (Lipinski definition) is 5. The van der Waals surface area contributed by atoms with Crippen LogP contribution in [-0.4, -0.2) is 40.1 Å². The number of aromatic nitrogens is 1. The number of phenols is 1.